The summed E-state index contributed by atoms with van der Waals surface area (Å²) < 4.78 is 10.5. The van der Waals surface area contributed by atoms with E-state index >= 15 is 0 Å². The Morgan fingerprint density at radius 2 is 1.90 bits per heavy atom. The van der Waals surface area contributed by atoms with Gasteiger partial charge in [0.2, 0.25) is 0 Å². The lowest BCUT2D eigenvalue weighted by Crippen LogP contribution is -2.48. The fourth-order valence-electron chi connectivity index (χ4n) is 3.18. The molecule has 2 aromatic rings. The zero-order valence-electron chi connectivity index (χ0n) is 16.1. The number of nitrogens with zero attached hydrogens (tertiary/aromatic N) is 1. The van der Waals surface area contributed by atoms with Crippen LogP contribution in [0.5, 0.6) is 11.5 Å². The van der Waals surface area contributed by atoms with E-state index in [-0.39, 0.29) is 19.1 Å². The van der Waals surface area contributed by atoms with Crippen molar-refractivity contribution in [1.29, 1.82) is 0 Å². The molecule has 0 saturated carbocycles. The maximum absolute atomic E-state index is 12.2. The normalized spacial score (nSPS) is 12.5. The van der Waals surface area contributed by atoms with Crippen molar-refractivity contribution in [2.75, 3.05) is 31.7 Å². The van der Waals surface area contributed by atoms with Gasteiger partial charge in [0.25, 0.3) is 11.8 Å². The molecule has 0 unspecified atom stereocenters. The number of hydrazine groups is 1. The zero-order chi connectivity index (χ0) is 20.6. The van der Waals surface area contributed by atoms with Crippen LogP contribution in [0.2, 0.25) is 0 Å². The summed E-state index contributed by atoms with van der Waals surface area (Å²) in [6.07, 6.45) is 2.67. The van der Waals surface area contributed by atoms with Gasteiger partial charge in [-0.1, -0.05) is 18.2 Å². The van der Waals surface area contributed by atoms with Gasteiger partial charge in [0, 0.05) is 17.8 Å². The van der Waals surface area contributed by atoms with Crippen molar-refractivity contribution < 1.29 is 23.9 Å². The summed E-state index contributed by atoms with van der Waals surface area (Å²) in [5.74, 6) is -0.165. The number of ether oxygens (including phenoxy) is 2. The second-order valence-electron chi connectivity index (χ2n) is 6.57. The topological polar surface area (TPSA) is 97.0 Å². The van der Waals surface area contributed by atoms with Crippen molar-refractivity contribution in [2.45, 2.75) is 12.8 Å². The summed E-state index contributed by atoms with van der Waals surface area (Å²) in [4.78, 5) is 37.0. The van der Waals surface area contributed by atoms with Gasteiger partial charge in [0.05, 0.1) is 13.7 Å². The third-order valence-electron chi connectivity index (χ3n) is 4.56. The minimum atomic E-state index is -0.515. The monoisotopic (exact) mass is 397 g/mol. The van der Waals surface area contributed by atoms with Gasteiger partial charge in [0.1, 0.15) is 6.29 Å². The van der Waals surface area contributed by atoms with Crippen LogP contribution in [-0.4, -0.2) is 44.9 Å². The van der Waals surface area contributed by atoms with Gasteiger partial charge in [-0.15, -0.1) is 0 Å². The maximum atomic E-state index is 12.2. The van der Waals surface area contributed by atoms with Crippen LogP contribution in [0.3, 0.4) is 0 Å². The number of anilines is 1. The summed E-state index contributed by atoms with van der Waals surface area (Å²) in [7, 11) is 1.44. The van der Waals surface area contributed by atoms with Crippen molar-refractivity contribution in [1.82, 2.24) is 10.9 Å². The van der Waals surface area contributed by atoms with E-state index in [0.717, 1.165) is 25.1 Å². The van der Waals surface area contributed by atoms with Gasteiger partial charge >= 0.3 is 0 Å². The molecular formula is C21H23N3O5. The molecule has 1 aliphatic heterocycles. The molecule has 8 heteroatoms. The molecule has 3 rings (SSSR count). The Hall–Kier alpha value is -3.55. The van der Waals surface area contributed by atoms with E-state index < -0.39 is 5.91 Å². The van der Waals surface area contributed by atoms with E-state index in [1.807, 2.05) is 23.1 Å². The van der Waals surface area contributed by atoms with Crippen molar-refractivity contribution >= 4 is 23.8 Å². The maximum Gasteiger partial charge on any atom is 0.276 e. The molecule has 0 aliphatic carbocycles. The molecule has 0 fully saturated rings. The van der Waals surface area contributed by atoms with E-state index in [9.17, 15) is 14.4 Å². The van der Waals surface area contributed by atoms with E-state index in [1.165, 1.54) is 18.7 Å². The fourth-order valence-corrected chi connectivity index (χ4v) is 3.18. The van der Waals surface area contributed by atoms with E-state index in [0.29, 0.717) is 23.3 Å². The average Bonchev–Trinajstić information content (AvgIpc) is 2.76. The molecule has 2 N–H and O–H groups in total. The standard InChI is InChI=1S/C21H23N3O5/c1-28-19-11-15(13-25)8-9-18(19)29-14-21(27)23-22-20(26)12-24-10-4-6-16-5-2-3-7-17(16)24/h2-3,5,7-9,11,13H,4,6,10,12,14H2,1H3,(H,22,26)(H,23,27). The van der Waals surface area contributed by atoms with Gasteiger partial charge in [-0.25, -0.2) is 0 Å². The molecule has 0 radical (unpaired) electrons. The number of carbonyl (C=O) groups is 3. The number of methoxy groups -OCH3 is 1. The third-order valence-corrected chi connectivity index (χ3v) is 4.56. The molecular weight excluding hydrogens is 374 g/mol. The molecule has 2 amide bonds. The van der Waals surface area contributed by atoms with Crippen LogP contribution in [0.1, 0.15) is 22.3 Å². The highest BCUT2D eigenvalue weighted by molar-refractivity contribution is 5.85. The van der Waals surface area contributed by atoms with Crippen molar-refractivity contribution in [2.24, 2.45) is 0 Å². The zero-order valence-corrected chi connectivity index (χ0v) is 16.1. The molecule has 1 aliphatic rings. The second kappa shape index (κ2) is 9.59. The molecule has 0 saturated heterocycles. The largest absolute Gasteiger partial charge is 0.493 e. The number of para-hydroxylation sites is 1. The number of amides is 2. The second-order valence-corrected chi connectivity index (χ2v) is 6.57. The molecule has 1 heterocycles. The lowest BCUT2D eigenvalue weighted by molar-refractivity contribution is -0.129. The first kappa shape index (κ1) is 20.2. The average molecular weight is 397 g/mol. The lowest BCUT2D eigenvalue weighted by atomic mass is 10.0. The Kier molecular flexibility index (Phi) is 6.67. The number of nitrogens with one attached hydrogen (secondary N) is 2. The smallest absolute Gasteiger partial charge is 0.276 e. The summed E-state index contributed by atoms with van der Waals surface area (Å²) in [5.41, 5.74) is 7.45. The van der Waals surface area contributed by atoms with Gasteiger partial charge in [-0.3, -0.25) is 25.2 Å². The van der Waals surface area contributed by atoms with Gasteiger partial charge in [-0.05, 0) is 42.7 Å². The van der Waals surface area contributed by atoms with Crippen molar-refractivity contribution in [3.8, 4) is 11.5 Å². The van der Waals surface area contributed by atoms with Crippen LogP contribution >= 0.6 is 0 Å². The Morgan fingerprint density at radius 3 is 2.69 bits per heavy atom. The predicted octanol–water partition coefficient (Wildman–Crippen LogP) is 1.49. The van der Waals surface area contributed by atoms with Crippen molar-refractivity contribution in [3.63, 3.8) is 0 Å². The molecule has 0 aromatic heterocycles. The summed E-state index contributed by atoms with van der Waals surface area (Å²) >= 11 is 0. The Balaban J connectivity index is 1.46. The molecule has 2 aromatic carbocycles. The number of carbonyl (C=O) groups excluding carboxylic acids is 3. The van der Waals surface area contributed by atoms with Crippen LogP contribution in [0, 0.1) is 0 Å². The molecule has 152 valence electrons. The van der Waals surface area contributed by atoms with Crippen LogP contribution in [0.15, 0.2) is 42.5 Å². The lowest BCUT2D eigenvalue weighted by Gasteiger charge is -2.30. The van der Waals surface area contributed by atoms with E-state index in [4.69, 9.17) is 9.47 Å². The van der Waals surface area contributed by atoms with Gasteiger partial charge in [0.15, 0.2) is 18.1 Å². The Morgan fingerprint density at radius 1 is 1.10 bits per heavy atom. The fraction of sp³-hybridized carbons (Fsp3) is 0.286. The first-order valence-corrected chi connectivity index (χ1v) is 9.27. The number of aryl methyl sites for hydroxylation is 1. The van der Waals surface area contributed by atoms with Crippen LogP contribution in [0.4, 0.5) is 5.69 Å². The summed E-state index contributed by atoms with van der Waals surface area (Å²) in [6.45, 7) is 0.626. The number of benzene rings is 2. The van der Waals surface area contributed by atoms with Crippen LogP contribution in [-0.2, 0) is 16.0 Å². The highest BCUT2D eigenvalue weighted by atomic mass is 16.5. The Labute approximate surface area is 168 Å². The molecule has 0 spiro atoms. The molecule has 8 nitrogen and oxygen atoms in total. The minimum Gasteiger partial charge on any atom is -0.493 e. The highest BCUT2D eigenvalue weighted by Crippen LogP contribution is 2.27. The first-order valence-electron chi connectivity index (χ1n) is 9.27. The number of fused-ring (bicyclic) bond motifs is 1. The SMILES string of the molecule is COc1cc(C=O)ccc1OCC(=O)NNC(=O)CN1CCCc2ccccc21. The highest BCUT2D eigenvalue weighted by Gasteiger charge is 2.19. The molecule has 0 bridgehead atoms. The number of hydrogen-bond acceptors (Lipinski definition) is 6. The summed E-state index contributed by atoms with van der Waals surface area (Å²) in [5, 5.41) is 0. The first-order chi connectivity index (χ1) is 14.1. The molecule has 0 atom stereocenters. The van der Waals surface area contributed by atoms with Crippen LogP contribution < -0.4 is 25.2 Å². The minimum absolute atomic E-state index is 0.152. The number of aldehydes is 1. The predicted molar refractivity (Wildman–Crippen MR) is 107 cm³/mol. The van der Waals surface area contributed by atoms with Crippen molar-refractivity contribution in [3.05, 3.63) is 53.6 Å². The third kappa shape index (κ3) is 5.25. The van der Waals surface area contributed by atoms with E-state index in [1.54, 1.807) is 12.1 Å². The van der Waals surface area contributed by atoms with E-state index in [2.05, 4.69) is 16.9 Å². The quantitative estimate of drug-likeness (QED) is 0.543. The summed E-state index contributed by atoms with van der Waals surface area (Å²) in [6, 6.07) is 12.6. The Bertz CT molecular complexity index is 900. The van der Waals surface area contributed by atoms with Gasteiger partial charge in [-0.2, -0.15) is 0 Å². The van der Waals surface area contributed by atoms with Gasteiger partial charge < -0.3 is 14.4 Å². The number of hydrogen-bond donors (Lipinski definition) is 2. The molecule has 29 heavy (non-hydrogen) atoms. The number of rotatable bonds is 7. The van der Waals surface area contributed by atoms with Crippen LogP contribution in [0.25, 0.3) is 0 Å².